The number of fused-ring (bicyclic) bond motifs is 1. The summed E-state index contributed by atoms with van der Waals surface area (Å²) >= 11 is 2.96. The Morgan fingerprint density at radius 3 is 2.87 bits per heavy atom. The maximum absolute atomic E-state index is 12.6. The van der Waals surface area contributed by atoms with E-state index >= 15 is 0 Å². The second-order valence-electron chi connectivity index (χ2n) is 6.98. The van der Waals surface area contributed by atoms with Crippen molar-refractivity contribution in [2.45, 2.75) is 37.4 Å². The van der Waals surface area contributed by atoms with Gasteiger partial charge in [-0.05, 0) is 43.4 Å². The summed E-state index contributed by atoms with van der Waals surface area (Å²) in [6, 6.07) is 3.77. The lowest BCUT2D eigenvalue weighted by Gasteiger charge is -2.10. The number of hydrogen-bond donors (Lipinski definition) is 2. The standard InChI is InChI=1S/C20H24N6O2S2/c1-28-11-10-26-18(13-6-8-22-9-7-13)24-25-20(26)29-12-16(27)23-19-17(21)14-4-2-3-5-15(14)30-19/h6-9H,2-5,10-12,21H2,1H3,(H,23,27). The van der Waals surface area contributed by atoms with Gasteiger partial charge < -0.3 is 15.8 Å². The fraction of sp³-hybridized carbons (Fsp3) is 0.400. The monoisotopic (exact) mass is 444 g/mol. The SMILES string of the molecule is COCCn1c(SCC(=O)Nc2sc3c(c2N)CCCC3)nnc1-c1ccncc1. The number of thiophene rings is 1. The summed E-state index contributed by atoms with van der Waals surface area (Å²) in [6.45, 7) is 1.11. The number of carbonyl (C=O) groups is 1. The minimum Gasteiger partial charge on any atom is -0.396 e. The average Bonchev–Trinajstić information content (AvgIpc) is 3.32. The molecule has 0 atom stereocenters. The maximum atomic E-state index is 12.6. The maximum Gasteiger partial charge on any atom is 0.235 e. The molecule has 8 nitrogen and oxygen atoms in total. The van der Waals surface area contributed by atoms with Crippen LogP contribution in [0.3, 0.4) is 0 Å². The number of methoxy groups -OCH3 is 1. The zero-order valence-corrected chi connectivity index (χ0v) is 18.4. The molecule has 0 saturated heterocycles. The number of aryl methyl sites for hydroxylation is 1. The van der Waals surface area contributed by atoms with Crippen LogP contribution in [-0.2, 0) is 28.9 Å². The van der Waals surface area contributed by atoms with Crippen LogP contribution in [0.15, 0.2) is 29.7 Å². The molecule has 0 aromatic carbocycles. The van der Waals surface area contributed by atoms with Crippen molar-refractivity contribution in [2.75, 3.05) is 30.5 Å². The van der Waals surface area contributed by atoms with Crippen molar-refractivity contribution in [1.29, 1.82) is 0 Å². The molecule has 0 bridgehead atoms. The van der Waals surface area contributed by atoms with Gasteiger partial charge in [-0.2, -0.15) is 0 Å². The van der Waals surface area contributed by atoms with E-state index in [1.54, 1.807) is 30.8 Å². The first-order chi connectivity index (χ1) is 14.7. The summed E-state index contributed by atoms with van der Waals surface area (Å²) in [5.74, 6) is 0.855. The fourth-order valence-electron chi connectivity index (χ4n) is 3.47. The molecule has 0 fully saturated rings. The molecule has 0 radical (unpaired) electrons. The molecule has 0 saturated carbocycles. The molecule has 0 spiro atoms. The van der Waals surface area contributed by atoms with Gasteiger partial charge in [0.2, 0.25) is 5.91 Å². The molecule has 158 valence electrons. The summed E-state index contributed by atoms with van der Waals surface area (Å²) in [7, 11) is 1.65. The average molecular weight is 445 g/mol. The number of nitrogens with two attached hydrogens (primary N) is 1. The molecule has 3 aromatic heterocycles. The van der Waals surface area contributed by atoms with Gasteiger partial charge in [-0.15, -0.1) is 21.5 Å². The minimum absolute atomic E-state index is 0.1000. The molecule has 3 N–H and O–H groups in total. The zero-order chi connectivity index (χ0) is 20.9. The van der Waals surface area contributed by atoms with E-state index in [0.29, 0.717) is 18.3 Å². The molecule has 0 aliphatic heterocycles. The van der Waals surface area contributed by atoms with Crippen molar-refractivity contribution in [2.24, 2.45) is 0 Å². The fourth-order valence-corrected chi connectivity index (χ4v) is 5.46. The van der Waals surface area contributed by atoms with E-state index < -0.39 is 0 Å². The predicted octanol–water partition coefficient (Wildman–Crippen LogP) is 3.24. The highest BCUT2D eigenvalue weighted by Gasteiger charge is 2.21. The van der Waals surface area contributed by atoms with E-state index in [2.05, 4.69) is 20.5 Å². The van der Waals surface area contributed by atoms with E-state index in [0.717, 1.165) is 41.3 Å². The molecule has 30 heavy (non-hydrogen) atoms. The number of thioether (sulfide) groups is 1. The predicted molar refractivity (Wildman–Crippen MR) is 120 cm³/mol. The molecule has 1 aliphatic rings. The van der Waals surface area contributed by atoms with Gasteiger partial charge >= 0.3 is 0 Å². The van der Waals surface area contributed by atoms with Crippen molar-refractivity contribution in [3.8, 4) is 11.4 Å². The van der Waals surface area contributed by atoms with E-state index in [9.17, 15) is 4.79 Å². The third-order valence-electron chi connectivity index (χ3n) is 4.97. The molecule has 1 amide bonds. The van der Waals surface area contributed by atoms with Crippen molar-refractivity contribution in [1.82, 2.24) is 19.7 Å². The van der Waals surface area contributed by atoms with Crippen molar-refractivity contribution in [3.63, 3.8) is 0 Å². The van der Waals surface area contributed by atoms with Gasteiger partial charge in [-0.25, -0.2) is 0 Å². The third-order valence-corrected chi connectivity index (χ3v) is 7.16. The van der Waals surface area contributed by atoms with E-state index in [1.165, 1.54) is 28.6 Å². The number of amides is 1. The number of aromatic nitrogens is 4. The van der Waals surface area contributed by atoms with Gasteiger partial charge in [-0.1, -0.05) is 11.8 Å². The van der Waals surface area contributed by atoms with Crippen LogP contribution in [0.4, 0.5) is 10.7 Å². The number of rotatable bonds is 8. The van der Waals surface area contributed by atoms with Gasteiger partial charge in [-0.3, -0.25) is 14.3 Å². The lowest BCUT2D eigenvalue weighted by molar-refractivity contribution is -0.113. The second-order valence-corrected chi connectivity index (χ2v) is 9.02. The first kappa shape index (κ1) is 20.8. The summed E-state index contributed by atoms with van der Waals surface area (Å²) in [4.78, 5) is 17.9. The van der Waals surface area contributed by atoms with Crippen LogP contribution in [0.5, 0.6) is 0 Å². The van der Waals surface area contributed by atoms with Gasteiger partial charge in [0.1, 0.15) is 5.00 Å². The zero-order valence-electron chi connectivity index (χ0n) is 16.8. The van der Waals surface area contributed by atoms with Crippen LogP contribution in [0.1, 0.15) is 23.3 Å². The number of carbonyl (C=O) groups excluding carboxylic acids is 1. The number of nitrogen functional groups attached to an aromatic ring is 1. The normalized spacial score (nSPS) is 13.2. The van der Waals surface area contributed by atoms with Crippen LogP contribution in [0.25, 0.3) is 11.4 Å². The summed E-state index contributed by atoms with van der Waals surface area (Å²) in [5, 5.41) is 13.0. The van der Waals surface area contributed by atoms with Gasteiger partial charge in [0, 0.05) is 29.9 Å². The van der Waals surface area contributed by atoms with Crippen LogP contribution < -0.4 is 11.1 Å². The highest BCUT2D eigenvalue weighted by atomic mass is 32.2. The van der Waals surface area contributed by atoms with Crippen LogP contribution >= 0.6 is 23.1 Å². The molecule has 0 unspecified atom stereocenters. The van der Waals surface area contributed by atoms with Gasteiger partial charge in [0.25, 0.3) is 0 Å². The third kappa shape index (κ3) is 4.50. The number of nitrogens with zero attached hydrogens (tertiary/aromatic N) is 4. The Labute approximate surface area is 183 Å². The van der Waals surface area contributed by atoms with Gasteiger partial charge in [0.05, 0.1) is 24.6 Å². The Balaban J connectivity index is 1.45. The molecular formula is C20H24N6O2S2. The first-order valence-electron chi connectivity index (χ1n) is 9.82. The Morgan fingerprint density at radius 2 is 2.10 bits per heavy atom. The number of ether oxygens (including phenoxy) is 1. The van der Waals surface area contributed by atoms with Crippen molar-refractivity contribution < 1.29 is 9.53 Å². The Hall–Kier alpha value is -2.43. The largest absolute Gasteiger partial charge is 0.396 e. The molecule has 1 aliphatic carbocycles. The van der Waals surface area contributed by atoms with Crippen LogP contribution in [-0.4, -0.2) is 45.1 Å². The number of anilines is 2. The smallest absolute Gasteiger partial charge is 0.235 e. The number of hydrogen-bond acceptors (Lipinski definition) is 8. The topological polar surface area (TPSA) is 108 Å². The minimum atomic E-state index is -0.1000. The van der Waals surface area contributed by atoms with E-state index in [-0.39, 0.29) is 11.7 Å². The number of pyridine rings is 1. The van der Waals surface area contributed by atoms with Gasteiger partial charge in [0.15, 0.2) is 11.0 Å². The lowest BCUT2D eigenvalue weighted by atomic mass is 9.98. The highest BCUT2D eigenvalue weighted by molar-refractivity contribution is 7.99. The van der Waals surface area contributed by atoms with Crippen molar-refractivity contribution in [3.05, 3.63) is 35.0 Å². The van der Waals surface area contributed by atoms with Crippen molar-refractivity contribution >= 4 is 39.7 Å². The Bertz CT molecular complexity index is 1020. The summed E-state index contributed by atoms with van der Waals surface area (Å²) in [6.07, 6.45) is 7.84. The molecule has 4 rings (SSSR count). The number of nitrogens with one attached hydrogen (secondary N) is 1. The Morgan fingerprint density at radius 1 is 1.30 bits per heavy atom. The highest BCUT2D eigenvalue weighted by Crippen LogP contribution is 2.40. The summed E-state index contributed by atoms with van der Waals surface area (Å²) in [5.41, 5.74) is 9.14. The molecule has 3 aromatic rings. The quantitative estimate of drug-likeness (QED) is 0.514. The van der Waals surface area contributed by atoms with E-state index in [4.69, 9.17) is 10.5 Å². The van der Waals surface area contributed by atoms with E-state index in [1.807, 2.05) is 16.7 Å². The molecule has 10 heteroatoms. The molecular weight excluding hydrogens is 420 g/mol. The Kier molecular flexibility index (Phi) is 6.66. The molecule has 3 heterocycles. The lowest BCUT2D eigenvalue weighted by Crippen LogP contribution is -2.15. The van der Waals surface area contributed by atoms with Crippen LogP contribution in [0, 0.1) is 0 Å². The van der Waals surface area contributed by atoms with Crippen LogP contribution in [0.2, 0.25) is 0 Å². The first-order valence-corrected chi connectivity index (χ1v) is 11.6. The summed E-state index contributed by atoms with van der Waals surface area (Å²) < 4.78 is 7.20. The second kappa shape index (κ2) is 9.59.